The van der Waals surface area contributed by atoms with E-state index in [1.807, 2.05) is 0 Å². The highest BCUT2D eigenvalue weighted by molar-refractivity contribution is 7.81. The van der Waals surface area contributed by atoms with E-state index in [1.54, 1.807) is 0 Å². The molecule has 4 atom stereocenters. The number of thiol groups is 1. The lowest BCUT2D eigenvalue weighted by molar-refractivity contribution is -0.134. The van der Waals surface area contributed by atoms with E-state index in [9.17, 15) is 0 Å². The zero-order valence-electron chi connectivity index (χ0n) is 8.44. The second-order valence-electron chi connectivity index (χ2n) is 4.19. The smallest absolute Gasteiger partial charge is 0.122 e. The SMILES string of the molecule is CCN1C2CCC(C2)OC1C(C)S. The Labute approximate surface area is 86.0 Å². The van der Waals surface area contributed by atoms with E-state index < -0.39 is 0 Å². The lowest BCUT2D eigenvalue weighted by atomic mass is 10.1. The predicted molar refractivity (Wildman–Crippen MR) is 57.1 cm³/mol. The molecule has 1 aliphatic carbocycles. The molecule has 2 bridgehead atoms. The van der Waals surface area contributed by atoms with Crippen LogP contribution in [0.3, 0.4) is 0 Å². The minimum atomic E-state index is 0.250. The van der Waals surface area contributed by atoms with Gasteiger partial charge in [-0.3, -0.25) is 4.90 Å². The van der Waals surface area contributed by atoms with Gasteiger partial charge in [-0.05, 0) is 32.7 Å². The summed E-state index contributed by atoms with van der Waals surface area (Å²) in [4.78, 5) is 2.47. The maximum absolute atomic E-state index is 5.99. The second kappa shape index (κ2) is 3.79. The number of hydrogen-bond donors (Lipinski definition) is 1. The molecule has 0 aromatic heterocycles. The third kappa shape index (κ3) is 1.74. The van der Waals surface area contributed by atoms with Crippen LogP contribution in [0.5, 0.6) is 0 Å². The van der Waals surface area contributed by atoms with Crippen LogP contribution in [0.25, 0.3) is 0 Å². The molecule has 76 valence electrons. The highest BCUT2D eigenvalue weighted by Crippen LogP contribution is 2.35. The van der Waals surface area contributed by atoms with Crippen LogP contribution in [0.2, 0.25) is 0 Å². The second-order valence-corrected chi connectivity index (χ2v) is 5.00. The van der Waals surface area contributed by atoms with Gasteiger partial charge >= 0.3 is 0 Å². The quantitative estimate of drug-likeness (QED) is 0.685. The molecule has 0 aromatic carbocycles. The monoisotopic (exact) mass is 201 g/mol. The van der Waals surface area contributed by atoms with Gasteiger partial charge in [0.15, 0.2) is 0 Å². The summed E-state index contributed by atoms with van der Waals surface area (Å²) in [5.74, 6) is 0. The Hall–Kier alpha value is 0.270. The van der Waals surface area contributed by atoms with Crippen molar-refractivity contribution in [2.24, 2.45) is 0 Å². The summed E-state index contributed by atoms with van der Waals surface area (Å²) in [6, 6.07) is 0.767. The van der Waals surface area contributed by atoms with Crippen LogP contribution >= 0.6 is 12.6 Å². The number of fused-ring (bicyclic) bond motifs is 2. The fourth-order valence-corrected chi connectivity index (χ4v) is 2.90. The Bertz CT molecular complexity index is 186. The summed E-state index contributed by atoms with van der Waals surface area (Å²) in [7, 11) is 0. The molecule has 13 heavy (non-hydrogen) atoms. The van der Waals surface area contributed by atoms with E-state index in [0.717, 1.165) is 12.6 Å². The van der Waals surface area contributed by atoms with Gasteiger partial charge in [-0.25, -0.2) is 0 Å². The van der Waals surface area contributed by atoms with Crippen LogP contribution < -0.4 is 0 Å². The highest BCUT2D eigenvalue weighted by Gasteiger charge is 2.41. The van der Waals surface area contributed by atoms with Crippen LogP contribution in [0.4, 0.5) is 0 Å². The Morgan fingerprint density at radius 2 is 2.31 bits per heavy atom. The van der Waals surface area contributed by atoms with Crippen molar-refractivity contribution in [3.05, 3.63) is 0 Å². The molecule has 4 unspecified atom stereocenters. The summed E-state index contributed by atoms with van der Waals surface area (Å²) in [6.45, 7) is 5.43. The summed E-state index contributed by atoms with van der Waals surface area (Å²) in [6.07, 6.45) is 4.57. The van der Waals surface area contributed by atoms with Crippen molar-refractivity contribution < 1.29 is 4.74 Å². The molecule has 1 aliphatic heterocycles. The van der Waals surface area contributed by atoms with Crippen molar-refractivity contribution in [1.29, 1.82) is 0 Å². The van der Waals surface area contributed by atoms with Gasteiger partial charge in [-0.2, -0.15) is 12.6 Å². The van der Waals surface area contributed by atoms with Crippen molar-refractivity contribution in [3.63, 3.8) is 0 Å². The third-order valence-electron chi connectivity index (χ3n) is 3.26. The van der Waals surface area contributed by atoms with Gasteiger partial charge in [-0.1, -0.05) is 6.92 Å². The predicted octanol–water partition coefficient (Wildman–Crippen LogP) is 1.90. The van der Waals surface area contributed by atoms with Crippen LogP contribution in [0.1, 0.15) is 33.1 Å². The first-order valence-corrected chi connectivity index (χ1v) is 5.83. The molecular weight excluding hydrogens is 182 g/mol. The Morgan fingerprint density at radius 1 is 1.54 bits per heavy atom. The Balaban J connectivity index is 2.09. The van der Waals surface area contributed by atoms with Gasteiger partial charge in [0.25, 0.3) is 0 Å². The first-order chi connectivity index (χ1) is 6.22. The minimum absolute atomic E-state index is 0.250. The van der Waals surface area contributed by atoms with Crippen LogP contribution in [-0.2, 0) is 4.74 Å². The summed E-state index contributed by atoms with van der Waals surface area (Å²) < 4.78 is 5.99. The van der Waals surface area contributed by atoms with Crippen molar-refractivity contribution in [2.45, 2.75) is 56.7 Å². The molecular formula is C10H19NOS. The molecule has 2 fully saturated rings. The van der Waals surface area contributed by atoms with Crippen LogP contribution in [0.15, 0.2) is 0 Å². The molecule has 0 radical (unpaired) electrons. The van der Waals surface area contributed by atoms with E-state index in [2.05, 4.69) is 31.4 Å². The van der Waals surface area contributed by atoms with Crippen molar-refractivity contribution in [1.82, 2.24) is 4.90 Å². The molecule has 2 nitrogen and oxygen atoms in total. The molecule has 2 aliphatic rings. The molecule has 0 amide bonds. The van der Waals surface area contributed by atoms with Gasteiger partial charge < -0.3 is 4.74 Å². The Kier molecular flexibility index (Phi) is 2.86. The summed E-state index contributed by atoms with van der Waals surface area (Å²) in [5, 5.41) is 0.323. The first kappa shape index (κ1) is 9.81. The van der Waals surface area contributed by atoms with E-state index in [0.29, 0.717) is 11.4 Å². The zero-order chi connectivity index (χ0) is 9.42. The Morgan fingerprint density at radius 3 is 2.92 bits per heavy atom. The number of ether oxygens (including phenoxy) is 1. The lowest BCUT2D eigenvalue weighted by Crippen LogP contribution is -2.51. The molecule has 1 heterocycles. The molecule has 1 saturated carbocycles. The maximum atomic E-state index is 5.99. The fourth-order valence-electron chi connectivity index (χ4n) is 2.65. The van der Waals surface area contributed by atoms with E-state index in [-0.39, 0.29) is 6.23 Å². The number of hydrogen-bond acceptors (Lipinski definition) is 3. The first-order valence-electron chi connectivity index (χ1n) is 5.31. The van der Waals surface area contributed by atoms with Gasteiger partial charge in [0.05, 0.1) is 6.10 Å². The number of nitrogens with zero attached hydrogens (tertiary/aromatic N) is 1. The molecule has 0 N–H and O–H groups in total. The zero-order valence-corrected chi connectivity index (χ0v) is 9.33. The average molecular weight is 201 g/mol. The van der Waals surface area contributed by atoms with Crippen molar-refractivity contribution in [2.75, 3.05) is 6.54 Å². The molecule has 3 heteroatoms. The molecule has 1 saturated heterocycles. The largest absolute Gasteiger partial charge is 0.359 e. The topological polar surface area (TPSA) is 12.5 Å². The summed E-state index contributed by atoms with van der Waals surface area (Å²) in [5.41, 5.74) is 0. The maximum Gasteiger partial charge on any atom is 0.122 e. The van der Waals surface area contributed by atoms with Gasteiger partial charge in [0.2, 0.25) is 0 Å². The van der Waals surface area contributed by atoms with Crippen LogP contribution in [-0.4, -0.2) is 35.1 Å². The molecule has 0 aromatic rings. The minimum Gasteiger partial charge on any atom is -0.359 e. The lowest BCUT2D eigenvalue weighted by Gasteiger charge is -2.41. The highest BCUT2D eigenvalue weighted by atomic mass is 32.1. The van der Waals surface area contributed by atoms with E-state index in [4.69, 9.17) is 4.74 Å². The molecule has 2 rings (SSSR count). The molecule has 0 spiro atoms. The standard InChI is InChI=1S/C10H19NOS/c1-3-11-8-4-5-9(6-8)12-10(11)7(2)13/h7-10,13H,3-6H2,1-2H3. The van der Waals surface area contributed by atoms with Crippen molar-refractivity contribution in [3.8, 4) is 0 Å². The average Bonchev–Trinajstić information content (AvgIpc) is 2.48. The normalized spacial score (nSPS) is 42.2. The van der Waals surface area contributed by atoms with Crippen molar-refractivity contribution >= 4 is 12.6 Å². The van der Waals surface area contributed by atoms with Gasteiger partial charge in [-0.15, -0.1) is 0 Å². The van der Waals surface area contributed by atoms with E-state index >= 15 is 0 Å². The van der Waals surface area contributed by atoms with Crippen LogP contribution in [0, 0.1) is 0 Å². The fraction of sp³-hybridized carbons (Fsp3) is 1.00. The van der Waals surface area contributed by atoms with Gasteiger partial charge in [0.1, 0.15) is 6.23 Å². The summed E-state index contributed by atoms with van der Waals surface area (Å²) >= 11 is 4.50. The van der Waals surface area contributed by atoms with E-state index in [1.165, 1.54) is 19.3 Å². The third-order valence-corrected chi connectivity index (χ3v) is 3.52. The number of rotatable bonds is 2. The van der Waals surface area contributed by atoms with Gasteiger partial charge in [0, 0.05) is 11.3 Å².